The van der Waals surface area contributed by atoms with E-state index in [0.717, 1.165) is 26.1 Å². The summed E-state index contributed by atoms with van der Waals surface area (Å²) in [4.78, 5) is 13.2. The molecular weight excluding hydrogens is 246 g/mol. The second-order valence-corrected chi connectivity index (χ2v) is 4.79. The highest BCUT2D eigenvalue weighted by molar-refractivity contribution is 5.90. The Hall–Kier alpha value is -1.59. The maximum atomic E-state index is 11.0. The van der Waals surface area contributed by atoms with Crippen LogP contribution in [0.4, 0.5) is 0 Å². The lowest BCUT2D eigenvalue weighted by molar-refractivity contribution is 0.0691. The number of aromatic carboxylic acids is 1. The standard InChI is InChI=1S/C14H19NO4/c16-10-11-5-6-15(9-11)7-8-19-13-4-2-1-3-12(13)14(17)18/h1-4,11,16H,5-10H2,(H,17,18). The van der Waals surface area contributed by atoms with Gasteiger partial charge in [-0.25, -0.2) is 4.79 Å². The number of aliphatic hydroxyl groups is 1. The topological polar surface area (TPSA) is 70.0 Å². The maximum absolute atomic E-state index is 11.0. The first kappa shape index (κ1) is 13.8. The number of aliphatic hydroxyl groups excluding tert-OH is 1. The minimum atomic E-state index is -0.975. The number of hydrogen-bond donors (Lipinski definition) is 2. The average Bonchev–Trinajstić information content (AvgIpc) is 2.87. The van der Waals surface area contributed by atoms with E-state index >= 15 is 0 Å². The molecule has 1 unspecified atom stereocenters. The Kier molecular flexibility index (Phi) is 4.76. The Bertz CT molecular complexity index is 435. The Balaban J connectivity index is 1.82. The van der Waals surface area contributed by atoms with Gasteiger partial charge in [-0.05, 0) is 31.0 Å². The molecule has 1 fully saturated rings. The van der Waals surface area contributed by atoms with Gasteiger partial charge in [0.1, 0.15) is 17.9 Å². The number of likely N-dealkylation sites (tertiary alicyclic amines) is 1. The third kappa shape index (κ3) is 3.68. The molecule has 0 spiro atoms. The Morgan fingerprint density at radius 1 is 1.42 bits per heavy atom. The summed E-state index contributed by atoms with van der Waals surface area (Å²) in [6.45, 7) is 3.31. The van der Waals surface area contributed by atoms with E-state index in [0.29, 0.717) is 18.3 Å². The van der Waals surface area contributed by atoms with E-state index in [4.69, 9.17) is 14.9 Å². The second-order valence-electron chi connectivity index (χ2n) is 4.79. The van der Waals surface area contributed by atoms with Crippen molar-refractivity contribution in [2.75, 3.05) is 32.8 Å². The zero-order valence-electron chi connectivity index (χ0n) is 10.8. The maximum Gasteiger partial charge on any atom is 0.339 e. The zero-order chi connectivity index (χ0) is 13.7. The molecule has 5 nitrogen and oxygen atoms in total. The van der Waals surface area contributed by atoms with Crippen LogP contribution >= 0.6 is 0 Å². The smallest absolute Gasteiger partial charge is 0.339 e. The van der Waals surface area contributed by atoms with Gasteiger partial charge in [-0.15, -0.1) is 0 Å². The third-order valence-corrected chi connectivity index (χ3v) is 3.41. The average molecular weight is 265 g/mol. The summed E-state index contributed by atoms with van der Waals surface area (Å²) in [6, 6.07) is 6.65. The van der Waals surface area contributed by atoms with Gasteiger partial charge in [0.2, 0.25) is 0 Å². The minimum Gasteiger partial charge on any atom is -0.491 e. The van der Waals surface area contributed by atoms with Crippen LogP contribution in [0.2, 0.25) is 0 Å². The van der Waals surface area contributed by atoms with Crippen molar-refractivity contribution in [3.8, 4) is 5.75 Å². The molecule has 1 aromatic carbocycles. The highest BCUT2D eigenvalue weighted by Gasteiger charge is 2.21. The van der Waals surface area contributed by atoms with Gasteiger partial charge in [0.25, 0.3) is 0 Å². The van der Waals surface area contributed by atoms with Gasteiger partial charge in [-0.3, -0.25) is 4.90 Å². The molecule has 1 saturated heterocycles. The monoisotopic (exact) mass is 265 g/mol. The zero-order valence-corrected chi connectivity index (χ0v) is 10.8. The number of ether oxygens (including phenoxy) is 1. The van der Waals surface area contributed by atoms with E-state index in [9.17, 15) is 4.79 Å². The lowest BCUT2D eigenvalue weighted by Crippen LogP contribution is -2.27. The molecule has 2 N–H and O–H groups in total. The quantitative estimate of drug-likeness (QED) is 0.805. The summed E-state index contributed by atoms with van der Waals surface area (Å²) in [5.41, 5.74) is 0.192. The number of hydrogen-bond acceptors (Lipinski definition) is 4. The molecule has 0 aromatic heterocycles. The number of carbonyl (C=O) groups is 1. The van der Waals surface area contributed by atoms with Crippen LogP contribution in [0.5, 0.6) is 5.75 Å². The van der Waals surface area contributed by atoms with Crippen LogP contribution in [0, 0.1) is 5.92 Å². The summed E-state index contributed by atoms with van der Waals surface area (Å²) in [5, 5.41) is 18.1. The van der Waals surface area contributed by atoms with Crippen LogP contribution in [0.3, 0.4) is 0 Å². The van der Waals surface area contributed by atoms with Gasteiger partial charge in [0, 0.05) is 19.7 Å². The van der Waals surface area contributed by atoms with Crippen molar-refractivity contribution >= 4 is 5.97 Å². The normalized spacial score (nSPS) is 19.5. The van der Waals surface area contributed by atoms with Crippen LogP contribution in [0.15, 0.2) is 24.3 Å². The van der Waals surface area contributed by atoms with Gasteiger partial charge in [0.15, 0.2) is 0 Å². The van der Waals surface area contributed by atoms with E-state index in [1.54, 1.807) is 18.2 Å². The number of nitrogens with zero attached hydrogens (tertiary/aromatic N) is 1. The molecular formula is C14H19NO4. The third-order valence-electron chi connectivity index (χ3n) is 3.41. The predicted octanol–water partition coefficient (Wildman–Crippen LogP) is 1.08. The summed E-state index contributed by atoms with van der Waals surface area (Å²) in [7, 11) is 0. The fourth-order valence-corrected chi connectivity index (χ4v) is 2.32. The Morgan fingerprint density at radius 2 is 2.21 bits per heavy atom. The van der Waals surface area contributed by atoms with E-state index in [2.05, 4.69) is 4.90 Å². The van der Waals surface area contributed by atoms with Crippen molar-refractivity contribution in [2.45, 2.75) is 6.42 Å². The Morgan fingerprint density at radius 3 is 2.89 bits per heavy atom. The molecule has 2 rings (SSSR count). The van der Waals surface area contributed by atoms with Gasteiger partial charge in [0.05, 0.1) is 0 Å². The fourth-order valence-electron chi connectivity index (χ4n) is 2.32. The Labute approximate surface area is 112 Å². The predicted molar refractivity (Wildman–Crippen MR) is 70.5 cm³/mol. The lowest BCUT2D eigenvalue weighted by atomic mass is 10.1. The van der Waals surface area contributed by atoms with Crippen molar-refractivity contribution in [1.29, 1.82) is 0 Å². The number of benzene rings is 1. The van der Waals surface area contributed by atoms with Crippen molar-refractivity contribution < 1.29 is 19.7 Å². The molecule has 0 radical (unpaired) electrons. The van der Waals surface area contributed by atoms with Crippen molar-refractivity contribution in [1.82, 2.24) is 4.90 Å². The number of carboxylic acids is 1. The van der Waals surface area contributed by atoms with Gasteiger partial charge in [-0.1, -0.05) is 12.1 Å². The molecule has 1 heterocycles. The highest BCUT2D eigenvalue weighted by Crippen LogP contribution is 2.18. The van der Waals surface area contributed by atoms with Crippen LogP contribution in [-0.2, 0) is 0 Å². The largest absolute Gasteiger partial charge is 0.491 e. The SMILES string of the molecule is O=C(O)c1ccccc1OCCN1CCC(CO)C1. The second kappa shape index (κ2) is 6.54. The van der Waals surface area contributed by atoms with E-state index in [-0.39, 0.29) is 12.2 Å². The molecule has 1 aromatic rings. The van der Waals surface area contributed by atoms with Gasteiger partial charge < -0.3 is 14.9 Å². The van der Waals surface area contributed by atoms with E-state index in [1.165, 1.54) is 6.07 Å². The molecule has 5 heteroatoms. The van der Waals surface area contributed by atoms with Gasteiger partial charge in [-0.2, -0.15) is 0 Å². The van der Waals surface area contributed by atoms with Crippen molar-refractivity contribution in [2.24, 2.45) is 5.92 Å². The first-order chi connectivity index (χ1) is 9.20. The molecule has 0 aliphatic carbocycles. The molecule has 104 valence electrons. The molecule has 1 aliphatic rings. The van der Waals surface area contributed by atoms with E-state index in [1.807, 2.05) is 0 Å². The molecule has 0 amide bonds. The molecule has 19 heavy (non-hydrogen) atoms. The van der Waals surface area contributed by atoms with Gasteiger partial charge >= 0.3 is 5.97 Å². The van der Waals surface area contributed by atoms with Crippen molar-refractivity contribution in [3.05, 3.63) is 29.8 Å². The first-order valence-corrected chi connectivity index (χ1v) is 6.49. The first-order valence-electron chi connectivity index (χ1n) is 6.49. The van der Waals surface area contributed by atoms with Crippen LogP contribution in [-0.4, -0.2) is 53.9 Å². The molecule has 1 atom stereocenters. The highest BCUT2D eigenvalue weighted by atomic mass is 16.5. The van der Waals surface area contributed by atoms with E-state index < -0.39 is 5.97 Å². The van der Waals surface area contributed by atoms with Crippen LogP contribution < -0.4 is 4.74 Å². The minimum absolute atomic E-state index is 0.192. The summed E-state index contributed by atoms with van der Waals surface area (Å²) in [6.07, 6.45) is 1.02. The lowest BCUT2D eigenvalue weighted by Gasteiger charge is -2.16. The van der Waals surface area contributed by atoms with Crippen LogP contribution in [0.1, 0.15) is 16.8 Å². The van der Waals surface area contributed by atoms with Crippen molar-refractivity contribution in [3.63, 3.8) is 0 Å². The number of carboxylic acid groups (broad SMARTS) is 1. The molecule has 0 saturated carbocycles. The number of para-hydroxylation sites is 1. The summed E-state index contributed by atoms with van der Waals surface area (Å²) < 4.78 is 5.54. The number of rotatable bonds is 6. The summed E-state index contributed by atoms with van der Waals surface area (Å²) in [5.74, 6) is -0.198. The fraction of sp³-hybridized carbons (Fsp3) is 0.500. The molecule has 1 aliphatic heterocycles. The summed E-state index contributed by atoms with van der Waals surface area (Å²) >= 11 is 0. The van der Waals surface area contributed by atoms with Crippen LogP contribution in [0.25, 0.3) is 0 Å². The molecule has 0 bridgehead atoms.